The van der Waals surface area contributed by atoms with Gasteiger partial charge in [0.05, 0.1) is 12.8 Å². The first-order valence-electron chi connectivity index (χ1n) is 5.40. The summed E-state index contributed by atoms with van der Waals surface area (Å²) in [6, 6.07) is 3.66. The van der Waals surface area contributed by atoms with E-state index in [4.69, 9.17) is 4.74 Å². The Kier molecular flexibility index (Phi) is 3.34. The molecule has 4 nitrogen and oxygen atoms in total. The fraction of sp³-hybridized carbons (Fsp3) is 0.231. The van der Waals surface area contributed by atoms with Gasteiger partial charge in [-0.15, -0.1) is 11.3 Å². The zero-order valence-corrected chi connectivity index (χ0v) is 11.2. The van der Waals surface area contributed by atoms with Crippen LogP contribution in [0.5, 0.6) is 0 Å². The van der Waals surface area contributed by atoms with Gasteiger partial charge in [-0.2, -0.15) is 0 Å². The summed E-state index contributed by atoms with van der Waals surface area (Å²) >= 11 is 1.33. The summed E-state index contributed by atoms with van der Waals surface area (Å²) in [5.41, 5.74) is 3.13. The Morgan fingerprint density at radius 2 is 2.17 bits per heavy atom. The molecule has 0 radical (unpaired) electrons. The smallest absolute Gasteiger partial charge is 0.350 e. The monoisotopic (exact) mass is 263 g/mol. The van der Waals surface area contributed by atoms with Gasteiger partial charge in [0.25, 0.3) is 0 Å². The lowest BCUT2D eigenvalue weighted by atomic mass is 10.3. The van der Waals surface area contributed by atoms with Gasteiger partial charge in [-0.25, -0.2) is 4.79 Å². The second kappa shape index (κ2) is 4.78. The lowest BCUT2D eigenvalue weighted by Crippen LogP contribution is -2.06. The molecule has 0 saturated carbocycles. The third kappa shape index (κ3) is 1.86. The highest BCUT2D eigenvalue weighted by molar-refractivity contribution is 7.12. The van der Waals surface area contributed by atoms with Crippen LogP contribution in [0.15, 0.2) is 17.5 Å². The number of ether oxygens (including phenoxy) is 1. The minimum absolute atomic E-state index is 0.361. The van der Waals surface area contributed by atoms with Gasteiger partial charge in [0.15, 0.2) is 6.29 Å². The van der Waals surface area contributed by atoms with Crippen LogP contribution in [-0.4, -0.2) is 23.9 Å². The van der Waals surface area contributed by atoms with Crippen molar-refractivity contribution < 1.29 is 14.3 Å². The van der Waals surface area contributed by atoms with Crippen LogP contribution in [0.3, 0.4) is 0 Å². The van der Waals surface area contributed by atoms with Gasteiger partial charge < -0.3 is 9.30 Å². The third-order valence-electron chi connectivity index (χ3n) is 2.85. The maximum absolute atomic E-state index is 11.7. The van der Waals surface area contributed by atoms with Gasteiger partial charge >= 0.3 is 5.97 Å². The van der Waals surface area contributed by atoms with Crippen LogP contribution in [0.25, 0.3) is 5.69 Å². The van der Waals surface area contributed by atoms with Gasteiger partial charge in [0.2, 0.25) is 0 Å². The number of hydrogen-bond acceptors (Lipinski definition) is 4. The number of aldehydes is 1. The molecule has 94 valence electrons. The molecule has 0 unspecified atom stereocenters. The Morgan fingerprint density at radius 3 is 2.72 bits per heavy atom. The summed E-state index contributed by atoms with van der Waals surface area (Å²) in [7, 11) is 1.36. The molecular formula is C13H13NO3S. The van der Waals surface area contributed by atoms with Crippen LogP contribution in [0.1, 0.15) is 31.4 Å². The van der Waals surface area contributed by atoms with Crippen molar-refractivity contribution in [3.63, 3.8) is 0 Å². The predicted octanol–water partition coefficient (Wildman–Crippen LogP) is 2.75. The Bertz CT molecular complexity index is 610. The Hall–Kier alpha value is -1.88. The number of carbonyl (C=O) groups excluding carboxylic acids is 2. The number of hydrogen-bond donors (Lipinski definition) is 0. The SMILES string of the molecule is COC(=O)c1sccc1-n1c(C)cc(C=O)c1C. The highest BCUT2D eigenvalue weighted by Crippen LogP contribution is 2.27. The molecule has 0 bridgehead atoms. The molecule has 2 heterocycles. The zero-order valence-electron chi connectivity index (χ0n) is 10.4. The molecule has 0 N–H and O–H groups in total. The van der Waals surface area contributed by atoms with E-state index in [1.165, 1.54) is 18.4 Å². The first kappa shape index (κ1) is 12.6. The van der Waals surface area contributed by atoms with Crippen LogP contribution < -0.4 is 0 Å². The van der Waals surface area contributed by atoms with Crippen molar-refractivity contribution in [3.8, 4) is 5.69 Å². The maximum Gasteiger partial charge on any atom is 0.350 e. The van der Waals surface area contributed by atoms with Gasteiger partial charge in [-0.05, 0) is 31.4 Å². The molecule has 5 heteroatoms. The highest BCUT2D eigenvalue weighted by Gasteiger charge is 2.18. The molecule has 2 aromatic heterocycles. The van der Waals surface area contributed by atoms with Crippen LogP contribution in [0.4, 0.5) is 0 Å². The van der Waals surface area contributed by atoms with E-state index >= 15 is 0 Å². The molecular weight excluding hydrogens is 250 g/mol. The van der Waals surface area contributed by atoms with Gasteiger partial charge in [0.1, 0.15) is 4.88 Å². The molecule has 0 spiro atoms. The summed E-state index contributed by atoms with van der Waals surface area (Å²) in [6.45, 7) is 3.76. The van der Waals surface area contributed by atoms with E-state index in [1.807, 2.05) is 29.9 Å². The molecule has 0 aliphatic rings. The first-order chi connectivity index (χ1) is 8.60. The third-order valence-corrected chi connectivity index (χ3v) is 3.74. The Labute approximate surface area is 109 Å². The number of thiophene rings is 1. The van der Waals surface area contributed by atoms with E-state index in [1.54, 1.807) is 6.07 Å². The summed E-state index contributed by atoms with van der Waals surface area (Å²) < 4.78 is 6.65. The number of methoxy groups -OCH3 is 1. The van der Waals surface area contributed by atoms with E-state index in [-0.39, 0.29) is 5.97 Å². The van der Waals surface area contributed by atoms with Crippen LogP contribution >= 0.6 is 11.3 Å². The normalized spacial score (nSPS) is 10.4. The quantitative estimate of drug-likeness (QED) is 0.632. The molecule has 0 aliphatic heterocycles. The number of carbonyl (C=O) groups is 2. The van der Waals surface area contributed by atoms with Gasteiger partial charge in [-0.1, -0.05) is 0 Å². The van der Waals surface area contributed by atoms with Crippen LogP contribution in [-0.2, 0) is 4.74 Å². The largest absolute Gasteiger partial charge is 0.465 e. The van der Waals surface area contributed by atoms with E-state index < -0.39 is 0 Å². The number of rotatable bonds is 3. The van der Waals surface area contributed by atoms with Crippen LogP contribution in [0, 0.1) is 13.8 Å². The molecule has 0 fully saturated rings. The van der Waals surface area contributed by atoms with Crippen molar-refractivity contribution in [2.45, 2.75) is 13.8 Å². The van der Waals surface area contributed by atoms with Crippen LogP contribution in [0.2, 0.25) is 0 Å². The average molecular weight is 263 g/mol. The minimum atomic E-state index is -0.361. The summed E-state index contributed by atoms with van der Waals surface area (Å²) in [5, 5.41) is 1.83. The van der Waals surface area contributed by atoms with Crippen molar-refractivity contribution in [2.75, 3.05) is 7.11 Å². The second-order valence-corrected chi connectivity index (χ2v) is 4.82. The fourth-order valence-corrected chi connectivity index (χ4v) is 2.79. The first-order valence-corrected chi connectivity index (χ1v) is 6.28. The van der Waals surface area contributed by atoms with Crippen molar-refractivity contribution in [3.05, 3.63) is 39.3 Å². The summed E-state index contributed by atoms with van der Waals surface area (Å²) in [4.78, 5) is 23.1. The van der Waals surface area contributed by atoms with Crippen molar-refractivity contribution >= 4 is 23.6 Å². The number of aromatic nitrogens is 1. The molecule has 2 aromatic rings. The molecule has 0 amide bonds. The zero-order chi connectivity index (χ0) is 13.3. The Balaban J connectivity index is 2.63. The highest BCUT2D eigenvalue weighted by atomic mass is 32.1. The fourth-order valence-electron chi connectivity index (χ4n) is 2.00. The second-order valence-electron chi connectivity index (χ2n) is 3.91. The number of nitrogens with zero attached hydrogens (tertiary/aromatic N) is 1. The van der Waals surface area contributed by atoms with Gasteiger partial charge in [0, 0.05) is 17.0 Å². The van der Waals surface area contributed by atoms with Crippen molar-refractivity contribution in [1.82, 2.24) is 4.57 Å². The number of aryl methyl sites for hydroxylation is 1. The maximum atomic E-state index is 11.7. The standard InChI is InChI=1S/C13H13NO3S/c1-8-6-10(7-15)9(2)14(8)11-4-5-18-12(11)13(16)17-3/h4-7H,1-3H3. The van der Waals surface area contributed by atoms with E-state index in [9.17, 15) is 9.59 Å². The lowest BCUT2D eigenvalue weighted by Gasteiger charge is -2.09. The lowest BCUT2D eigenvalue weighted by molar-refractivity contribution is 0.0606. The van der Waals surface area contributed by atoms with E-state index in [2.05, 4.69) is 0 Å². The average Bonchev–Trinajstić information content (AvgIpc) is 2.93. The number of esters is 1. The summed E-state index contributed by atoms with van der Waals surface area (Å²) in [6.07, 6.45) is 0.822. The van der Waals surface area contributed by atoms with E-state index in [0.29, 0.717) is 10.4 Å². The molecule has 0 aromatic carbocycles. The molecule has 0 atom stereocenters. The van der Waals surface area contributed by atoms with Crippen molar-refractivity contribution in [1.29, 1.82) is 0 Å². The predicted molar refractivity (Wildman–Crippen MR) is 69.8 cm³/mol. The molecule has 18 heavy (non-hydrogen) atoms. The molecule has 2 rings (SSSR count). The Morgan fingerprint density at radius 1 is 1.44 bits per heavy atom. The topological polar surface area (TPSA) is 48.3 Å². The van der Waals surface area contributed by atoms with Crippen molar-refractivity contribution in [2.24, 2.45) is 0 Å². The minimum Gasteiger partial charge on any atom is -0.465 e. The summed E-state index contributed by atoms with van der Waals surface area (Å²) in [5.74, 6) is -0.361. The molecule has 0 saturated heterocycles. The van der Waals surface area contributed by atoms with Gasteiger partial charge in [-0.3, -0.25) is 4.79 Å². The van der Waals surface area contributed by atoms with E-state index in [0.717, 1.165) is 23.4 Å². The molecule has 0 aliphatic carbocycles.